The van der Waals surface area contributed by atoms with Gasteiger partial charge < -0.3 is 9.84 Å². The Balaban J connectivity index is 3.36. The van der Waals surface area contributed by atoms with Crippen LogP contribution in [-0.2, 0) is 6.42 Å². The molecule has 0 fully saturated rings. The van der Waals surface area contributed by atoms with Crippen LogP contribution in [0.1, 0.15) is 22.8 Å². The normalized spacial score (nSPS) is 9.69. The number of carbonyl (C=O) groups excluding carboxylic acids is 1. The third kappa shape index (κ3) is 1.64. The number of aldehydes is 1. The van der Waals surface area contributed by atoms with E-state index in [4.69, 9.17) is 4.74 Å². The summed E-state index contributed by atoms with van der Waals surface area (Å²) < 4.78 is 5.05. The fourth-order valence-electron chi connectivity index (χ4n) is 1.27. The van der Waals surface area contributed by atoms with Crippen LogP contribution in [0.15, 0.2) is 12.1 Å². The molecule has 0 aromatic heterocycles. The molecule has 0 saturated heterocycles. The minimum atomic E-state index is -0.0379. The van der Waals surface area contributed by atoms with Crippen molar-refractivity contribution in [3.63, 3.8) is 0 Å². The lowest BCUT2D eigenvalue weighted by Gasteiger charge is -2.09. The molecule has 0 aliphatic carbocycles. The zero-order chi connectivity index (χ0) is 9.84. The van der Waals surface area contributed by atoms with Crippen LogP contribution in [0, 0.1) is 0 Å². The molecule has 0 aliphatic rings. The van der Waals surface area contributed by atoms with Crippen LogP contribution in [0.3, 0.4) is 0 Å². The van der Waals surface area contributed by atoms with Crippen LogP contribution < -0.4 is 4.74 Å². The number of aromatic hydroxyl groups is 1. The molecule has 0 aliphatic heterocycles. The zero-order valence-corrected chi connectivity index (χ0v) is 7.70. The van der Waals surface area contributed by atoms with Gasteiger partial charge in [-0.05, 0) is 18.1 Å². The van der Waals surface area contributed by atoms with Gasteiger partial charge in [0.15, 0.2) is 6.29 Å². The number of benzene rings is 1. The third-order valence-electron chi connectivity index (χ3n) is 1.96. The van der Waals surface area contributed by atoms with E-state index < -0.39 is 0 Å². The number of methoxy groups -OCH3 is 1. The van der Waals surface area contributed by atoms with E-state index in [1.165, 1.54) is 13.2 Å². The summed E-state index contributed by atoms with van der Waals surface area (Å²) in [6.45, 7) is 1.96. The van der Waals surface area contributed by atoms with Crippen LogP contribution in [-0.4, -0.2) is 18.5 Å². The second kappa shape index (κ2) is 3.94. The molecular formula is C10H12O3. The molecule has 1 N–H and O–H groups in total. The van der Waals surface area contributed by atoms with Crippen molar-refractivity contribution in [2.75, 3.05) is 7.11 Å². The maximum atomic E-state index is 10.6. The van der Waals surface area contributed by atoms with Gasteiger partial charge in [0.05, 0.1) is 12.7 Å². The smallest absolute Gasteiger partial charge is 0.157 e. The molecule has 0 unspecified atom stereocenters. The summed E-state index contributed by atoms with van der Waals surface area (Å²) in [4.78, 5) is 10.6. The maximum absolute atomic E-state index is 10.6. The van der Waals surface area contributed by atoms with Crippen molar-refractivity contribution in [1.82, 2.24) is 0 Å². The van der Waals surface area contributed by atoms with Crippen molar-refractivity contribution in [2.45, 2.75) is 13.3 Å². The quantitative estimate of drug-likeness (QED) is 0.721. The highest BCUT2D eigenvalue weighted by Gasteiger charge is 2.11. The molecule has 0 saturated carbocycles. The predicted molar refractivity (Wildman–Crippen MR) is 49.4 cm³/mol. The van der Waals surface area contributed by atoms with E-state index in [1.54, 1.807) is 6.07 Å². The molecule has 0 atom stereocenters. The van der Waals surface area contributed by atoms with Crippen LogP contribution in [0.5, 0.6) is 11.5 Å². The summed E-state index contributed by atoms with van der Waals surface area (Å²) >= 11 is 0. The Morgan fingerprint density at radius 2 is 2.23 bits per heavy atom. The monoisotopic (exact) mass is 180 g/mol. The first kappa shape index (κ1) is 9.58. The SMILES string of the molecule is CCc1ccc(O)c(C=O)c1OC. The van der Waals surface area contributed by atoms with E-state index in [0.29, 0.717) is 12.0 Å². The van der Waals surface area contributed by atoms with Crippen LogP contribution in [0.2, 0.25) is 0 Å². The first-order chi connectivity index (χ1) is 6.24. The number of phenols is 1. The number of rotatable bonds is 3. The van der Waals surface area contributed by atoms with Crippen LogP contribution in [0.4, 0.5) is 0 Å². The molecule has 1 rings (SSSR count). The number of aryl methyl sites for hydroxylation is 1. The van der Waals surface area contributed by atoms with Gasteiger partial charge in [0.1, 0.15) is 11.5 Å². The van der Waals surface area contributed by atoms with Gasteiger partial charge in [0, 0.05) is 0 Å². The van der Waals surface area contributed by atoms with E-state index in [-0.39, 0.29) is 11.3 Å². The van der Waals surface area contributed by atoms with Crippen molar-refractivity contribution >= 4 is 6.29 Å². The Kier molecular flexibility index (Phi) is 2.90. The highest BCUT2D eigenvalue weighted by atomic mass is 16.5. The fourth-order valence-corrected chi connectivity index (χ4v) is 1.27. The molecule has 70 valence electrons. The number of ether oxygens (including phenoxy) is 1. The third-order valence-corrected chi connectivity index (χ3v) is 1.96. The van der Waals surface area contributed by atoms with Crippen molar-refractivity contribution in [3.8, 4) is 11.5 Å². The van der Waals surface area contributed by atoms with Crippen molar-refractivity contribution in [3.05, 3.63) is 23.3 Å². The average molecular weight is 180 g/mol. The van der Waals surface area contributed by atoms with E-state index >= 15 is 0 Å². The lowest BCUT2D eigenvalue weighted by Crippen LogP contribution is -1.96. The van der Waals surface area contributed by atoms with Crippen LogP contribution >= 0.6 is 0 Å². The molecule has 1 aromatic rings. The predicted octanol–water partition coefficient (Wildman–Crippen LogP) is 1.78. The second-order valence-corrected chi connectivity index (χ2v) is 2.66. The Labute approximate surface area is 77.0 Å². The van der Waals surface area contributed by atoms with E-state index in [1.807, 2.05) is 6.92 Å². The number of carbonyl (C=O) groups is 1. The largest absolute Gasteiger partial charge is 0.507 e. The van der Waals surface area contributed by atoms with Gasteiger partial charge in [0.2, 0.25) is 0 Å². The molecule has 0 radical (unpaired) electrons. The van der Waals surface area contributed by atoms with Crippen molar-refractivity contribution in [1.29, 1.82) is 0 Å². The van der Waals surface area contributed by atoms with Crippen molar-refractivity contribution < 1.29 is 14.6 Å². The molecule has 0 amide bonds. The molecule has 0 heterocycles. The molecule has 3 heteroatoms. The van der Waals surface area contributed by atoms with Gasteiger partial charge in [0.25, 0.3) is 0 Å². The molecule has 0 spiro atoms. The molecule has 3 nitrogen and oxygen atoms in total. The Morgan fingerprint density at radius 1 is 1.54 bits per heavy atom. The molecule has 13 heavy (non-hydrogen) atoms. The van der Waals surface area contributed by atoms with E-state index in [2.05, 4.69) is 0 Å². The maximum Gasteiger partial charge on any atom is 0.157 e. The van der Waals surface area contributed by atoms with E-state index in [9.17, 15) is 9.90 Å². The first-order valence-electron chi connectivity index (χ1n) is 4.08. The average Bonchev–Trinajstić information content (AvgIpc) is 2.17. The summed E-state index contributed by atoms with van der Waals surface area (Å²) in [5, 5.41) is 9.33. The van der Waals surface area contributed by atoms with Gasteiger partial charge in [-0.3, -0.25) is 4.79 Å². The zero-order valence-electron chi connectivity index (χ0n) is 7.70. The second-order valence-electron chi connectivity index (χ2n) is 2.66. The summed E-state index contributed by atoms with van der Waals surface area (Å²) in [6.07, 6.45) is 1.37. The first-order valence-corrected chi connectivity index (χ1v) is 4.08. The lowest BCUT2D eigenvalue weighted by atomic mass is 10.1. The van der Waals surface area contributed by atoms with Gasteiger partial charge in [-0.15, -0.1) is 0 Å². The van der Waals surface area contributed by atoms with E-state index in [0.717, 1.165) is 12.0 Å². The van der Waals surface area contributed by atoms with Crippen molar-refractivity contribution in [2.24, 2.45) is 0 Å². The Hall–Kier alpha value is -1.51. The van der Waals surface area contributed by atoms with Crippen LogP contribution in [0.25, 0.3) is 0 Å². The fraction of sp³-hybridized carbons (Fsp3) is 0.300. The Morgan fingerprint density at radius 3 is 2.69 bits per heavy atom. The number of hydrogen-bond donors (Lipinski definition) is 1. The molecule has 1 aromatic carbocycles. The summed E-state index contributed by atoms with van der Waals surface area (Å²) in [5.41, 5.74) is 1.14. The minimum Gasteiger partial charge on any atom is -0.507 e. The van der Waals surface area contributed by atoms with Gasteiger partial charge >= 0.3 is 0 Å². The summed E-state index contributed by atoms with van der Waals surface area (Å²) in [5.74, 6) is 0.432. The standard InChI is InChI=1S/C10H12O3/c1-3-7-4-5-9(12)8(6-11)10(7)13-2/h4-6,12H,3H2,1-2H3. The molecule has 0 bridgehead atoms. The van der Waals surface area contributed by atoms with Gasteiger partial charge in [-0.1, -0.05) is 13.0 Å². The summed E-state index contributed by atoms with van der Waals surface area (Å²) in [7, 11) is 1.49. The molecular weight excluding hydrogens is 168 g/mol. The van der Waals surface area contributed by atoms with Gasteiger partial charge in [-0.25, -0.2) is 0 Å². The number of phenolic OH excluding ortho intramolecular Hbond substituents is 1. The highest BCUT2D eigenvalue weighted by molar-refractivity contribution is 5.84. The highest BCUT2D eigenvalue weighted by Crippen LogP contribution is 2.29. The topological polar surface area (TPSA) is 46.5 Å². The summed E-state index contributed by atoms with van der Waals surface area (Å²) in [6, 6.07) is 3.26. The Bertz CT molecular complexity index is 318. The number of hydrogen-bond acceptors (Lipinski definition) is 3. The minimum absolute atomic E-state index is 0.0379. The van der Waals surface area contributed by atoms with Gasteiger partial charge in [-0.2, -0.15) is 0 Å². The lowest BCUT2D eigenvalue weighted by molar-refractivity contribution is 0.111.